The number of carbonyl (C=O) groups excluding carboxylic acids is 1. The monoisotopic (exact) mass is 265 g/mol. The van der Waals surface area contributed by atoms with Crippen LogP contribution in [0.1, 0.15) is 19.3 Å². The summed E-state index contributed by atoms with van der Waals surface area (Å²) in [4.78, 5) is 24.3. The van der Waals surface area contributed by atoms with Crippen molar-refractivity contribution in [2.75, 3.05) is 18.4 Å². The van der Waals surface area contributed by atoms with Crippen LogP contribution in [-0.4, -0.2) is 40.3 Å². The second kappa shape index (κ2) is 4.25. The Hall–Kier alpha value is -2.05. The molecule has 2 heterocycles. The average molecular weight is 265 g/mol. The molecule has 1 aromatic heterocycles. The van der Waals surface area contributed by atoms with Gasteiger partial charge in [-0.05, 0) is 24.7 Å². The maximum Gasteiger partial charge on any atom is 0.407 e. The van der Waals surface area contributed by atoms with Crippen LogP contribution in [0.2, 0.25) is 0 Å². The van der Waals surface area contributed by atoms with Crippen molar-refractivity contribution in [2.45, 2.75) is 19.3 Å². The lowest BCUT2D eigenvalue weighted by molar-refractivity contribution is -0.118. The molecule has 1 saturated heterocycles. The molecule has 2 amide bonds. The van der Waals surface area contributed by atoms with Crippen molar-refractivity contribution in [3.05, 3.63) is 12.3 Å². The number of carbonyl (C=O) groups is 2. The summed E-state index contributed by atoms with van der Waals surface area (Å²) in [6.45, 7) is 1.03. The Labute approximate surface area is 109 Å². The minimum Gasteiger partial charge on any atom is -0.465 e. The van der Waals surface area contributed by atoms with Crippen molar-refractivity contribution in [3.8, 4) is 0 Å². The molecular formula is C12H15N3O4. The molecule has 1 atom stereocenters. The minimum absolute atomic E-state index is 0.000229. The number of carboxylic acid groups (broad SMARTS) is 1. The largest absolute Gasteiger partial charge is 0.465 e. The van der Waals surface area contributed by atoms with Gasteiger partial charge in [-0.15, -0.1) is 0 Å². The summed E-state index contributed by atoms with van der Waals surface area (Å²) >= 11 is 0. The van der Waals surface area contributed by atoms with E-state index in [-0.39, 0.29) is 17.2 Å². The zero-order valence-electron chi connectivity index (χ0n) is 10.3. The van der Waals surface area contributed by atoms with E-state index < -0.39 is 6.09 Å². The Bertz CT molecular complexity index is 491. The van der Waals surface area contributed by atoms with E-state index >= 15 is 0 Å². The molecule has 1 aromatic rings. The van der Waals surface area contributed by atoms with Crippen LogP contribution in [0.4, 0.5) is 10.6 Å². The molecule has 2 N–H and O–H groups in total. The average Bonchev–Trinajstić information content (AvgIpc) is 2.84. The fourth-order valence-electron chi connectivity index (χ4n) is 2.90. The number of nitrogens with zero attached hydrogens (tertiary/aromatic N) is 2. The van der Waals surface area contributed by atoms with Crippen LogP contribution in [-0.2, 0) is 4.79 Å². The number of nitrogens with one attached hydrogen (secondary N) is 1. The van der Waals surface area contributed by atoms with Gasteiger partial charge >= 0.3 is 6.09 Å². The quantitative estimate of drug-likeness (QED) is 0.842. The summed E-state index contributed by atoms with van der Waals surface area (Å²) in [5.41, 5.74) is -0.000229. The van der Waals surface area contributed by atoms with Gasteiger partial charge in [0.1, 0.15) is 6.26 Å². The molecule has 0 unspecified atom stereocenters. The maximum atomic E-state index is 12.0. The van der Waals surface area contributed by atoms with E-state index in [9.17, 15) is 9.59 Å². The van der Waals surface area contributed by atoms with E-state index in [4.69, 9.17) is 5.11 Å². The van der Waals surface area contributed by atoms with E-state index in [1.165, 1.54) is 11.2 Å². The van der Waals surface area contributed by atoms with Crippen molar-refractivity contribution in [1.82, 2.24) is 10.1 Å². The van der Waals surface area contributed by atoms with Crippen molar-refractivity contribution < 1.29 is 19.2 Å². The number of anilines is 1. The van der Waals surface area contributed by atoms with Gasteiger partial charge in [0.25, 0.3) is 0 Å². The summed E-state index contributed by atoms with van der Waals surface area (Å²) < 4.78 is 4.66. The molecule has 2 aliphatic rings. The van der Waals surface area contributed by atoms with Crippen LogP contribution in [0, 0.1) is 11.3 Å². The summed E-state index contributed by atoms with van der Waals surface area (Å²) in [6, 6.07) is 1.60. The zero-order valence-corrected chi connectivity index (χ0v) is 10.3. The third-order valence-corrected chi connectivity index (χ3v) is 4.23. The summed E-state index contributed by atoms with van der Waals surface area (Å²) in [6.07, 6.45) is 2.89. The van der Waals surface area contributed by atoms with Gasteiger partial charge in [0.05, 0.1) is 0 Å². The molecule has 7 heteroatoms. The second-order valence-corrected chi connectivity index (χ2v) is 5.26. The van der Waals surface area contributed by atoms with E-state index in [0.717, 1.165) is 19.3 Å². The van der Waals surface area contributed by atoms with Gasteiger partial charge in [0, 0.05) is 25.1 Å². The highest BCUT2D eigenvalue weighted by Crippen LogP contribution is 2.59. The van der Waals surface area contributed by atoms with E-state index in [0.29, 0.717) is 18.9 Å². The predicted molar refractivity (Wildman–Crippen MR) is 64.5 cm³/mol. The third-order valence-electron chi connectivity index (χ3n) is 4.23. The fraction of sp³-hybridized carbons (Fsp3) is 0.583. The molecule has 0 radical (unpaired) electrons. The van der Waals surface area contributed by atoms with Crippen molar-refractivity contribution in [2.24, 2.45) is 11.3 Å². The SMILES string of the molecule is O=C(Nc1ccon1)[C@H]1CC12CCN(C(=O)O)CC2. The van der Waals surface area contributed by atoms with Crippen molar-refractivity contribution in [3.63, 3.8) is 0 Å². The maximum absolute atomic E-state index is 12.0. The third kappa shape index (κ3) is 2.16. The Balaban J connectivity index is 1.56. The Kier molecular flexibility index (Phi) is 2.69. The summed E-state index contributed by atoms with van der Waals surface area (Å²) in [7, 11) is 0. The summed E-state index contributed by atoms with van der Waals surface area (Å²) in [5, 5.41) is 15.3. The normalized spacial score (nSPS) is 24.2. The molecule has 0 aromatic carbocycles. The van der Waals surface area contributed by atoms with E-state index in [1.54, 1.807) is 6.07 Å². The molecule has 0 bridgehead atoms. The second-order valence-electron chi connectivity index (χ2n) is 5.26. The topological polar surface area (TPSA) is 95.7 Å². The molecule has 1 aliphatic carbocycles. The predicted octanol–water partition coefficient (Wildman–Crippen LogP) is 1.39. The number of hydrogen-bond donors (Lipinski definition) is 2. The number of amides is 2. The van der Waals surface area contributed by atoms with E-state index in [2.05, 4.69) is 15.0 Å². The molecule has 1 spiro atoms. The van der Waals surface area contributed by atoms with Gasteiger partial charge in [0.15, 0.2) is 5.82 Å². The van der Waals surface area contributed by atoms with Crippen LogP contribution in [0.3, 0.4) is 0 Å². The highest BCUT2D eigenvalue weighted by atomic mass is 16.5. The van der Waals surface area contributed by atoms with Gasteiger partial charge < -0.3 is 19.8 Å². The van der Waals surface area contributed by atoms with Crippen LogP contribution >= 0.6 is 0 Å². The highest BCUT2D eigenvalue weighted by molar-refractivity contribution is 5.94. The van der Waals surface area contributed by atoms with Gasteiger partial charge in [-0.25, -0.2) is 4.79 Å². The first-order valence-corrected chi connectivity index (χ1v) is 6.30. The van der Waals surface area contributed by atoms with Gasteiger partial charge in [-0.3, -0.25) is 4.79 Å². The first kappa shape index (κ1) is 12.0. The Morgan fingerprint density at radius 2 is 2.21 bits per heavy atom. The summed E-state index contributed by atoms with van der Waals surface area (Å²) in [5.74, 6) is 0.354. The lowest BCUT2D eigenvalue weighted by Crippen LogP contribution is -2.39. The molecule has 1 saturated carbocycles. The first-order chi connectivity index (χ1) is 9.11. The first-order valence-electron chi connectivity index (χ1n) is 6.30. The van der Waals surface area contributed by atoms with Crippen LogP contribution in [0.5, 0.6) is 0 Å². The van der Waals surface area contributed by atoms with Crippen LogP contribution in [0.25, 0.3) is 0 Å². The van der Waals surface area contributed by atoms with Crippen LogP contribution < -0.4 is 5.32 Å². The van der Waals surface area contributed by atoms with Gasteiger partial charge in [-0.2, -0.15) is 0 Å². The van der Waals surface area contributed by atoms with Crippen LogP contribution in [0.15, 0.2) is 16.9 Å². The molecule has 3 rings (SSSR count). The lowest BCUT2D eigenvalue weighted by atomic mass is 9.91. The lowest BCUT2D eigenvalue weighted by Gasteiger charge is -2.30. The standard InChI is InChI=1S/C12H15N3O4/c16-10(13-9-1-6-19-14-9)8-7-12(8)2-4-15(5-3-12)11(17)18/h1,6,8H,2-5,7H2,(H,17,18)(H,13,14,16)/t8-/m1/s1. The van der Waals surface area contributed by atoms with Crippen molar-refractivity contribution >= 4 is 17.8 Å². The molecule has 2 fully saturated rings. The molecule has 1 aliphatic heterocycles. The van der Waals surface area contributed by atoms with Gasteiger partial charge in [-0.1, -0.05) is 5.16 Å². The number of piperidine rings is 1. The van der Waals surface area contributed by atoms with E-state index in [1.807, 2.05) is 0 Å². The number of likely N-dealkylation sites (tertiary alicyclic amines) is 1. The number of aromatic nitrogens is 1. The Morgan fingerprint density at radius 3 is 2.79 bits per heavy atom. The Morgan fingerprint density at radius 1 is 1.47 bits per heavy atom. The smallest absolute Gasteiger partial charge is 0.407 e. The molecule has 102 valence electrons. The minimum atomic E-state index is -0.876. The molecule has 19 heavy (non-hydrogen) atoms. The zero-order chi connectivity index (χ0) is 13.5. The van der Waals surface area contributed by atoms with Gasteiger partial charge in [0.2, 0.25) is 5.91 Å². The molecule has 7 nitrogen and oxygen atoms in total. The number of hydrogen-bond acceptors (Lipinski definition) is 4. The molecular weight excluding hydrogens is 250 g/mol. The fourth-order valence-corrected chi connectivity index (χ4v) is 2.90. The van der Waals surface area contributed by atoms with Crippen molar-refractivity contribution in [1.29, 1.82) is 0 Å². The highest BCUT2D eigenvalue weighted by Gasteiger charge is 2.58. The number of rotatable bonds is 2.